The predicted molar refractivity (Wildman–Crippen MR) is 132 cm³/mol. The number of nitrogens with one attached hydrogen (secondary N) is 1. The van der Waals surface area contributed by atoms with Crippen molar-refractivity contribution in [2.24, 2.45) is 20.0 Å². The lowest BCUT2D eigenvalue weighted by Gasteiger charge is -2.17. The molecule has 1 N–H and O–H groups in total. The highest BCUT2D eigenvalue weighted by Gasteiger charge is 2.56. The molecule has 4 aromatic rings. The lowest BCUT2D eigenvalue weighted by Crippen LogP contribution is -2.28. The number of fused-ring (bicyclic) bond motifs is 1. The average molecular weight is 542 g/mol. The first-order valence-electron chi connectivity index (χ1n) is 11.8. The number of methoxy groups -OCH3 is 1. The SMILES string of the molecule is COc1cc(-c2c3c(C#N)cc(-c4cnn(C)c4)cc3nn2C)cc(OC(F)F)c1C(=O)NCC1CC1(F)F. The van der Waals surface area contributed by atoms with Crippen LogP contribution in [0.5, 0.6) is 11.5 Å². The monoisotopic (exact) mass is 542 g/mol. The maximum Gasteiger partial charge on any atom is 0.387 e. The number of aromatic nitrogens is 4. The zero-order valence-corrected chi connectivity index (χ0v) is 21.0. The van der Waals surface area contributed by atoms with Crippen molar-refractivity contribution >= 4 is 16.8 Å². The zero-order chi connectivity index (χ0) is 28.1. The van der Waals surface area contributed by atoms with Gasteiger partial charge in [0.1, 0.15) is 17.1 Å². The molecule has 2 aromatic carbocycles. The summed E-state index contributed by atoms with van der Waals surface area (Å²) in [5, 5.41) is 21.4. The van der Waals surface area contributed by atoms with Crippen LogP contribution in [0.2, 0.25) is 0 Å². The Balaban J connectivity index is 1.62. The van der Waals surface area contributed by atoms with E-state index >= 15 is 0 Å². The number of benzene rings is 2. The minimum atomic E-state index is -3.29. The summed E-state index contributed by atoms with van der Waals surface area (Å²) in [4.78, 5) is 12.9. The molecule has 0 radical (unpaired) electrons. The Morgan fingerprint density at radius 1 is 1.21 bits per heavy atom. The fraction of sp³-hybridized carbons (Fsp3) is 0.308. The summed E-state index contributed by atoms with van der Waals surface area (Å²) in [5.74, 6) is -5.42. The average Bonchev–Trinajstić information content (AvgIpc) is 3.16. The van der Waals surface area contributed by atoms with Crippen LogP contribution in [0.25, 0.3) is 33.3 Å². The number of amides is 1. The van der Waals surface area contributed by atoms with Gasteiger partial charge < -0.3 is 14.8 Å². The molecule has 1 aliphatic carbocycles. The molecule has 1 amide bonds. The molecule has 13 heteroatoms. The quantitative estimate of drug-likeness (QED) is 0.329. The molecule has 1 fully saturated rings. The number of halogens is 4. The molecule has 0 saturated heterocycles. The van der Waals surface area contributed by atoms with Crippen LogP contribution in [0.3, 0.4) is 0 Å². The molecule has 0 spiro atoms. The van der Waals surface area contributed by atoms with Crippen molar-refractivity contribution in [3.63, 3.8) is 0 Å². The standard InChI is InChI=1S/C26H22F4N6O3/c1-35-12-16(10-33-35)13-4-15(9-31)21-18(5-13)34-36(2)23(21)14-6-19(38-3)22(20(7-14)39-25(27)28)24(37)32-11-17-8-26(17,29)30/h4-7,10,12,17,25H,8,11H2,1-3H3,(H,32,37). The van der Waals surface area contributed by atoms with Gasteiger partial charge in [0.25, 0.3) is 11.8 Å². The summed E-state index contributed by atoms with van der Waals surface area (Å²) in [5.41, 5.74) is 2.53. The van der Waals surface area contributed by atoms with E-state index < -0.39 is 30.1 Å². The van der Waals surface area contributed by atoms with E-state index in [1.165, 1.54) is 23.9 Å². The zero-order valence-electron chi connectivity index (χ0n) is 21.0. The fourth-order valence-electron chi connectivity index (χ4n) is 4.58. The maximum atomic E-state index is 13.4. The van der Waals surface area contributed by atoms with Crippen LogP contribution < -0.4 is 14.8 Å². The van der Waals surface area contributed by atoms with Crippen molar-refractivity contribution in [2.75, 3.05) is 13.7 Å². The molecular formula is C26H22F4N6O3. The van der Waals surface area contributed by atoms with Gasteiger partial charge in [-0.1, -0.05) is 0 Å². The summed E-state index contributed by atoms with van der Waals surface area (Å²) in [6.45, 7) is -3.62. The molecule has 39 heavy (non-hydrogen) atoms. The molecule has 0 aliphatic heterocycles. The number of aryl methyl sites for hydroxylation is 2. The molecule has 2 aromatic heterocycles. The third kappa shape index (κ3) is 4.85. The van der Waals surface area contributed by atoms with Gasteiger partial charge in [-0.25, -0.2) is 8.78 Å². The van der Waals surface area contributed by atoms with E-state index in [1.807, 2.05) is 0 Å². The van der Waals surface area contributed by atoms with Gasteiger partial charge in [0.2, 0.25) is 0 Å². The lowest BCUT2D eigenvalue weighted by atomic mass is 9.97. The van der Waals surface area contributed by atoms with Crippen LogP contribution >= 0.6 is 0 Å². The number of carbonyl (C=O) groups is 1. The Bertz CT molecular complexity index is 1640. The summed E-state index contributed by atoms with van der Waals surface area (Å²) < 4.78 is 66.5. The van der Waals surface area contributed by atoms with Crippen LogP contribution in [0.15, 0.2) is 36.7 Å². The highest BCUT2D eigenvalue weighted by molar-refractivity contribution is 6.03. The number of hydrogen-bond donors (Lipinski definition) is 1. The number of nitrogens with zero attached hydrogens (tertiary/aromatic N) is 5. The minimum Gasteiger partial charge on any atom is -0.496 e. The number of rotatable bonds is 8. The summed E-state index contributed by atoms with van der Waals surface area (Å²) in [7, 11) is 4.62. The van der Waals surface area contributed by atoms with Gasteiger partial charge in [0.15, 0.2) is 0 Å². The maximum absolute atomic E-state index is 13.4. The molecule has 1 aliphatic rings. The predicted octanol–water partition coefficient (Wildman–Crippen LogP) is 4.51. The first-order valence-corrected chi connectivity index (χ1v) is 11.8. The van der Waals surface area contributed by atoms with Crippen LogP contribution in [-0.4, -0.2) is 51.7 Å². The normalized spacial score (nSPS) is 15.8. The van der Waals surface area contributed by atoms with E-state index in [-0.39, 0.29) is 35.4 Å². The van der Waals surface area contributed by atoms with Crippen molar-refractivity contribution in [1.29, 1.82) is 5.26 Å². The second kappa shape index (κ2) is 9.61. The van der Waals surface area contributed by atoms with E-state index in [0.717, 1.165) is 5.56 Å². The Morgan fingerprint density at radius 2 is 1.92 bits per heavy atom. The molecule has 1 saturated carbocycles. The summed E-state index contributed by atoms with van der Waals surface area (Å²) >= 11 is 0. The minimum absolute atomic E-state index is 0.122. The van der Waals surface area contributed by atoms with Gasteiger partial charge in [-0.15, -0.1) is 0 Å². The van der Waals surface area contributed by atoms with Crippen LogP contribution in [0, 0.1) is 17.2 Å². The first kappa shape index (κ1) is 26.0. The number of carbonyl (C=O) groups excluding carboxylic acids is 1. The van der Waals surface area contributed by atoms with Crippen molar-refractivity contribution in [2.45, 2.75) is 19.0 Å². The van der Waals surface area contributed by atoms with Crippen molar-refractivity contribution in [3.05, 3.63) is 47.8 Å². The number of alkyl halides is 4. The lowest BCUT2D eigenvalue weighted by molar-refractivity contribution is -0.0502. The summed E-state index contributed by atoms with van der Waals surface area (Å²) in [6.07, 6.45) is 3.08. The van der Waals surface area contributed by atoms with Gasteiger partial charge in [0.05, 0.1) is 36.1 Å². The third-order valence-corrected chi connectivity index (χ3v) is 6.56. The topological polar surface area (TPSA) is 107 Å². The van der Waals surface area contributed by atoms with Crippen LogP contribution in [0.1, 0.15) is 22.3 Å². The molecule has 1 unspecified atom stereocenters. The second-order valence-electron chi connectivity index (χ2n) is 9.21. The number of nitriles is 1. The van der Waals surface area contributed by atoms with E-state index in [4.69, 9.17) is 4.74 Å². The molecule has 9 nitrogen and oxygen atoms in total. The van der Waals surface area contributed by atoms with Gasteiger partial charge in [-0.05, 0) is 29.8 Å². The number of ether oxygens (including phenoxy) is 2. The van der Waals surface area contributed by atoms with Gasteiger partial charge >= 0.3 is 6.61 Å². The molecule has 5 rings (SSSR count). The van der Waals surface area contributed by atoms with Crippen LogP contribution in [-0.2, 0) is 14.1 Å². The molecule has 202 valence electrons. The second-order valence-corrected chi connectivity index (χ2v) is 9.21. The largest absolute Gasteiger partial charge is 0.496 e. The Hall–Kier alpha value is -4.60. The Labute approximate surface area is 219 Å². The fourth-order valence-corrected chi connectivity index (χ4v) is 4.58. The van der Waals surface area contributed by atoms with Crippen molar-refractivity contribution in [3.8, 4) is 40.0 Å². The van der Waals surface area contributed by atoms with Crippen molar-refractivity contribution < 1.29 is 31.8 Å². The highest BCUT2D eigenvalue weighted by Crippen LogP contribution is 2.48. The molecule has 1 atom stereocenters. The van der Waals surface area contributed by atoms with Crippen molar-refractivity contribution in [1.82, 2.24) is 24.9 Å². The van der Waals surface area contributed by atoms with Gasteiger partial charge in [-0.3, -0.25) is 14.2 Å². The van der Waals surface area contributed by atoms with E-state index in [2.05, 4.69) is 26.3 Å². The van der Waals surface area contributed by atoms with E-state index in [0.29, 0.717) is 22.2 Å². The van der Waals surface area contributed by atoms with Gasteiger partial charge in [0, 0.05) is 55.7 Å². The molecular weight excluding hydrogens is 520 g/mol. The summed E-state index contributed by atoms with van der Waals surface area (Å²) in [6, 6.07) is 8.25. The molecule has 2 heterocycles. The smallest absolute Gasteiger partial charge is 0.387 e. The molecule has 0 bridgehead atoms. The highest BCUT2D eigenvalue weighted by atomic mass is 19.3. The van der Waals surface area contributed by atoms with E-state index in [9.17, 15) is 27.6 Å². The Morgan fingerprint density at radius 3 is 2.51 bits per heavy atom. The first-order chi connectivity index (χ1) is 18.5. The third-order valence-electron chi connectivity index (χ3n) is 6.56. The van der Waals surface area contributed by atoms with E-state index in [1.54, 1.807) is 43.3 Å². The Kier molecular flexibility index (Phi) is 6.41. The van der Waals surface area contributed by atoms with Crippen LogP contribution in [0.4, 0.5) is 17.6 Å². The number of hydrogen-bond acceptors (Lipinski definition) is 6. The van der Waals surface area contributed by atoms with Gasteiger partial charge in [-0.2, -0.15) is 24.2 Å².